The zero-order valence-corrected chi connectivity index (χ0v) is 14.8. The smallest absolute Gasteiger partial charge is 0.256 e. The molecule has 1 amide bonds. The third kappa shape index (κ3) is 4.67. The molecule has 0 aliphatic heterocycles. The van der Waals surface area contributed by atoms with Crippen molar-refractivity contribution in [1.29, 1.82) is 0 Å². The quantitative estimate of drug-likeness (QED) is 0.621. The molecule has 3 aromatic carbocycles. The number of hydrogen-bond acceptors (Lipinski definition) is 2. The summed E-state index contributed by atoms with van der Waals surface area (Å²) in [6.07, 6.45) is 0. The first-order valence-corrected chi connectivity index (χ1v) is 8.44. The molecular formula is C20H15BrFNO2. The molecule has 0 saturated heterocycles. The Balaban J connectivity index is 1.62. The van der Waals surface area contributed by atoms with E-state index >= 15 is 0 Å². The number of carbonyl (C=O) groups is 1. The third-order valence-corrected chi connectivity index (χ3v) is 4.23. The van der Waals surface area contributed by atoms with E-state index in [1.807, 2.05) is 30.3 Å². The maximum absolute atomic E-state index is 13.3. The molecule has 0 spiro atoms. The highest BCUT2D eigenvalue weighted by atomic mass is 79.9. The highest BCUT2D eigenvalue weighted by Crippen LogP contribution is 2.21. The summed E-state index contributed by atoms with van der Waals surface area (Å²) in [6, 6.07) is 20.9. The molecule has 0 radical (unpaired) electrons. The summed E-state index contributed by atoms with van der Waals surface area (Å²) in [5, 5.41) is 2.74. The normalized spacial score (nSPS) is 10.3. The van der Waals surface area contributed by atoms with Crippen molar-refractivity contribution in [3.05, 3.63) is 94.2 Å². The number of ether oxygens (including phenoxy) is 1. The minimum atomic E-state index is -0.460. The second-order valence-electron chi connectivity index (χ2n) is 5.38. The fraction of sp³-hybridized carbons (Fsp3) is 0.0500. The minimum Gasteiger partial charge on any atom is -0.489 e. The Morgan fingerprint density at radius 3 is 2.44 bits per heavy atom. The molecule has 0 atom stereocenters. The fourth-order valence-electron chi connectivity index (χ4n) is 2.25. The van der Waals surface area contributed by atoms with Crippen LogP contribution < -0.4 is 10.1 Å². The number of carbonyl (C=O) groups excluding carboxylic acids is 1. The van der Waals surface area contributed by atoms with Gasteiger partial charge < -0.3 is 10.1 Å². The van der Waals surface area contributed by atoms with E-state index in [1.165, 1.54) is 18.2 Å². The first kappa shape index (κ1) is 17.2. The van der Waals surface area contributed by atoms with Crippen LogP contribution in [0.1, 0.15) is 15.9 Å². The van der Waals surface area contributed by atoms with Gasteiger partial charge >= 0.3 is 0 Å². The van der Waals surface area contributed by atoms with Gasteiger partial charge in [-0.1, -0.05) is 30.3 Å². The molecule has 0 aromatic heterocycles. The molecule has 3 nitrogen and oxygen atoms in total. The van der Waals surface area contributed by atoms with Crippen molar-refractivity contribution in [3.8, 4) is 5.75 Å². The highest BCUT2D eigenvalue weighted by Gasteiger charge is 2.11. The Bertz CT molecular complexity index is 867. The Morgan fingerprint density at radius 2 is 1.72 bits per heavy atom. The maximum Gasteiger partial charge on any atom is 0.256 e. The van der Waals surface area contributed by atoms with Crippen LogP contribution in [-0.4, -0.2) is 5.91 Å². The molecule has 0 unspecified atom stereocenters. The summed E-state index contributed by atoms with van der Waals surface area (Å²) in [5.41, 5.74) is 1.92. The molecule has 5 heteroatoms. The van der Waals surface area contributed by atoms with Crippen LogP contribution in [0.3, 0.4) is 0 Å². The van der Waals surface area contributed by atoms with Crippen LogP contribution in [0.15, 0.2) is 77.3 Å². The number of rotatable bonds is 5. The number of benzene rings is 3. The Kier molecular flexibility index (Phi) is 5.46. The average Bonchev–Trinajstić information content (AvgIpc) is 2.64. The van der Waals surface area contributed by atoms with E-state index in [9.17, 15) is 9.18 Å². The van der Waals surface area contributed by atoms with Crippen molar-refractivity contribution < 1.29 is 13.9 Å². The van der Waals surface area contributed by atoms with E-state index in [0.717, 1.165) is 5.56 Å². The monoisotopic (exact) mass is 399 g/mol. The van der Waals surface area contributed by atoms with Crippen molar-refractivity contribution >= 4 is 27.5 Å². The molecule has 0 heterocycles. The van der Waals surface area contributed by atoms with Gasteiger partial charge in [0.05, 0.1) is 5.56 Å². The van der Waals surface area contributed by atoms with Crippen LogP contribution in [-0.2, 0) is 6.61 Å². The lowest BCUT2D eigenvalue weighted by atomic mass is 10.2. The number of anilines is 1. The summed E-state index contributed by atoms with van der Waals surface area (Å²) in [5.74, 6) is -0.142. The molecule has 3 aromatic rings. The highest BCUT2D eigenvalue weighted by molar-refractivity contribution is 9.10. The summed E-state index contributed by atoms with van der Waals surface area (Å²) in [4.78, 5) is 12.2. The Hall–Kier alpha value is -2.66. The summed E-state index contributed by atoms with van der Waals surface area (Å²) < 4.78 is 19.5. The number of amides is 1. The summed E-state index contributed by atoms with van der Waals surface area (Å²) in [7, 11) is 0. The molecule has 3 rings (SSSR count). The molecule has 1 N–H and O–H groups in total. The van der Waals surface area contributed by atoms with Crippen LogP contribution >= 0.6 is 15.9 Å². The van der Waals surface area contributed by atoms with Gasteiger partial charge in [-0.2, -0.15) is 0 Å². The predicted octanol–water partition coefficient (Wildman–Crippen LogP) is 5.42. The van der Waals surface area contributed by atoms with Crippen LogP contribution in [0.5, 0.6) is 5.75 Å². The SMILES string of the molecule is O=C(Nc1ccc(OCc2ccccc2)cc1)c1cc(F)ccc1Br. The van der Waals surface area contributed by atoms with Crippen molar-refractivity contribution in [2.24, 2.45) is 0 Å². The maximum atomic E-state index is 13.3. The largest absolute Gasteiger partial charge is 0.489 e. The van der Waals surface area contributed by atoms with Crippen molar-refractivity contribution in [3.63, 3.8) is 0 Å². The minimum absolute atomic E-state index is 0.240. The van der Waals surface area contributed by atoms with Crippen LogP contribution in [0.4, 0.5) is 10.1 Å². The van der Waals surface area contributed by atoms with Gasteiger partial charge in [-0.25, -0.2) is 4.39 Å². The zero-order chi connectivity index (χ0) is 17.6. The number of halogens is 2. The van der Waals surface area contributed by atoms with Gasteiger partial charge in [-0.05, 0) is 64.0 Å². The fourth-order valence-corrected chi connectivity index (χ4v) is 2.67. The molecule has 0 aliphatic carbocycles. The van der Waals surface area contributed by atoms with E-state index in [1.54, 1.807) is 24.3 Å². The van der Waals surface area contributed by atoms with E-state index in [0.29, 0.717) is 22.5 Å². The standard InChI is InChI=1S/C20H15BrFNO2/c21-19-11-6-15(22)12-18(19)20(24)23-16-7-9-17(10-8-16)25-13-14-4-2-1-3-5-14/h1-12H,13H2,(H,23,24). The summed E-state index contributed by atoms with van der Waals surface area (Å²) in [6.45, 7) is 0.475. The Labute approximate surface area is 153 Å². The second kappa shape index (κ2) is 7.94. The molecule has 0 bridgehead atoms. The van der Waals surface area contributed by atoms with Crippen molar-refractivity contribution in [2.45, 2.75) is 6.61 Å². The molecule has 0 aliphatic rings. The number of hydrogen-bond donors (Lipinski definition) is 1. The van der Waals surface area contributed by atoms with Gasteiger partial charge in [-0.15, -0.1) is 0 Å². The van der Waals surface area contributed by atoms with Crippen molar-refractivity contribution in [1.82, 2.24) is 0 Å². The van der Waals surface area contributed by atoms with Gasteiger partial charge in [0.25, 0.3) is 5.91 Å². The van der Waals surface area contributed by atoms with Gasteiger partial charge in [-0.3, -0.25) is 4.79 Å². The van der Waals surface area contributed by atoms with Crippen LogP contribution in [0, 0.1) is 5.82 Å². The lowest BCUT2D eigenvalue weighted by molar-refractivity contribution is 0.102. The lowest BCUT2D eigenvalue weighted by Crippen LogP contribution is -2.12. The van der Waals surface area contributed by atoms with Gasteiger partial charge in [0.2, 0.25) is 0 Å². The van der Waals surface area contributed by atoms with Gasteiger partial charge in [0.15, 0.2) is 0 Å². The summed E-state index contributed by atoms with van der Waals surface area (Å²) >= 11 is 3.25. The van der Waals surface area contributed by atoms with Gasteiger partial charge in [0.1, 0.15) is 18.2 Å². The lowest BCUT2D eigenvalue weighted by Gasteiger charge is -2.09. The van der Waals surface area contributed by atoms with E-state index in [4.69, 9.17) is 4.74 Å². The third-order valence-electron chi connectivity index (χ3n) is 3.53. The first-order chi connectivity index (χ1) is 12.1. The first-order valence-electron chi connectivity index (χ1n) is 7.65. The van der Waals surface area contributed by atoms with Crippen molar-refractivity contribution in [2.75, 3.05) is 5.32 Å². The second-order valence-corrected chi connectivity index (χ2v) is 6.23. The van der Waals surface area contributed by atoms with Crippen LogP contribution in [0.25, 0.3) is 0 Å². The molecule has 0 saturated carbocycles. The molecule has 126 valence electrons. The molecular weight excluding hydrogens is 385 g/mol. The average molecular weight is 400 g/mol. The number of nitrogens with one attached hydrogen (secondary N) is 1. The van der Waals surface area contributed by atoms with E-state index in [-0.39, 0.29) is 11.5 Å². The van der Waals surface area contributed by atoms with E-state index in [2.05, 4.69) is 21.2 Å². The molecule has 0 fully saturated rings. The zero-order valence-electron chi connectivity index (χ0n) is 13.2. The predicted molar refractivity (Wildman–Crippen MR) is 99.3 cm³/mol. The molecule has 25 heavy (non-hydrogen) atoms. The van der Waals surface area contributed by atoms with Crippen LogP contribution in [0.2, 0.25) is 0 Å². The Morgan fingerprint density at radius 1 is 1.00 bits per heavy atom. The topological polar surface area (TPSA) is 38.3 Å². The van der Waals surface area contributed by atoms with E-state index < -0.39 is 5.82 Å². The van der Waals surface area contributed by atoms with Gasteiger partial charge in [0, 0.05) is 10.2 Å².